The van der Waals surface area contributed by atoms with Crippen LogP contribution in [0.2, 0.25) is 0 Å². The Balaban J connectivity index is 1.66. The number of ether oxygens (including phenoxy) is 1. The molecule has 0 unspecified atom stereocenters. The van der Waals surface area contributed by atoms with Gasteiger partial charge in [-0.05, 0) is 36.5 Å². The van der Waals surface area contributed by atoms with Crippen LogP contribution in [0.25, 0.3) is 0 Å². The summed E-state index contributed by atoms with van der Waals surface area (Å²) in [5, 5.41) is 3.06. The molecule has 1 aromatic carbocycles. The normalized spacial score (nSPS) is 16.0. The molecule has 1 fully saturated rings. The van der Waals surface area contributed by atoms with Crippen LogP contribution in [-0.4, -0.2) is 30.1 Å². The standard InChI is InChI=1S/C14H20N2O2S/c15-11-2-1-3-13(10-11)18-7-4-14(17)16-12-5-8-19-9-6-12/h1-3,10,12H,4-9,15H2,(H,16,17). The van der Waals surface area contributed by atoms with Crippen molar-refractivity contribution in [2.75, 3.05) is 23.8 Å². The second kappa shape index (κ2) is 7.28. The highest BCUT2D eigenvalue weighted by Gasteiger charge is 2.15. The maximum absolute atomic E-state index is 11.7. The van der Waals surface area contributed by atoms with Gasteiger partial charge in [0.15, 0.2) is 0 Å². The van der Waals surface area contributed by atoms with E-state index >= 15 is 0 Å². The van der Waals surface area contributed by atoms with E-state index in [1.54, 1.807) is 12.1 Å². The van der Waals surface area contributed by atoms with E-state index < -0.39 is 0 Å². The molecule has 2 rings (SSSR count). The van der Waals surface area contributed by atoms with E-state index in [9.17, 15) is 4.79 Å². The summed E-state index contributed by atoms with van der Waals surface area (Å²) in [6.07, 6.45) is 2.54. The number of hydrogen-bond donors (Lipinski definition) is 2. The van der Waals surface area contributed by atoms with Gasteiger partial charge in [0.2, 0.25) is 5.91 Å². The van der Waals surface area contributed by atoms with Crippen molar-refractivity contribution in [1.82, 2.24) is 5.32 Å². The molecule has 1 aliphatic heterocycles. The Kier molecular flexibility index (Phi) is 5.39. The molecular weight excluding hydrogens is 260 g/mol. The summed E-state index contributed by atoms with van der Waals surface area (Å²) in [5.74, 6) is 3.07. The Hall–Kier alpha value is -1.36. The number of carbonyl (C=O) groups is 1. The average Bonchev–Trinajstić information content (AvgIpc) is 2.40. The van der Waals surface area contributed by atoms with E-state index in [-0.39, 0.29) is 5.91 Å². The van der Waals surface area contributed by atoms with Crippen LogP contribution in [0.1, 0.15) is 19.3 Å². The molecular formula is C14H20N2O2S. The molecule has 0 saturated carbocycles. The Morgan fingerprint density at radius 2 is 2.21 bits per heavy atom. The van der Waals surface area contributed by atoms with E-state index in [1.807, 2.05) is 23.9 Å². The second-order valence-corrected chi connectivity index (χ2v) is 5.85. The van der Waals surface area contributed by atoms with Crippen molar-refractivity contribution < 1.29 is 9.53 Å². The summed E-state index contributed by atoms with van der Waals surface area (Å²) in [6.45, 7) is 0.386. The van der Waals surface area contributed by atoms with Crippen LogP contribution in [0.15, 0.2) is 24.3 Å². The smallest absolute Gasteiger partial charge is 0.223 e. The van der Waals surface area contributed by atoms with Crippen molar-refractivity contribution in [3.05, 3.63) is 24.3 Å². The number of rotatable bonds is 5. The van der Waals surface area contributed by atoms with Crippen molar-refractivity contribution in [3.8, 4) is 5.75 Å². The van der Waals surface area contributed by atoms with Crippen LogP contribution >= 0.6 is 11.8 Å². The number of nitrogens with two attached hydrogens (primary N) is 1. The molecule has 1 heterocycles. The number of hydrogen-bond acceptors (Lipinski definition) is 4. The topological polar surface area (TPSA) is 64.3 Å². The third-order valence-electron chi connectivity index (χ3n) is 3.04. The van der Waals surface area contributed by atoms with Crippen LogP contribution in [-0.2, 0) is 4.79 Å². The second-order valence-electron chi connectivity index (χ2n) is 4.63. The molecule has 5 heteroatoms. The number of carbonyl (C=O) groups excluding carboxylic acids is 1. The molecule has 1 aliphatic rings. The Morgan fingerprint density at radius 3 is 2.95 bits per heavy atom. The first-order valence-corrected chi connectivity index (χ1v) is 7.75. The van der Waals surface area contributed by atoms with Gasteiger partial charge in [-0.15, -0.1) is 0 Å². The first-order valence-electron chi connectivity index (χ1n) is 6.59. The lowest BCUT2D eigenvalue weighted by Crippen LogP contribution is -2.37. The zero-order valence-corrected chi connectivity index (χ0v) is 11.7. The summed E-state index contributed by atoms with van der Waals surface area (Å²) in [5.41, 5.74) is 6.32. The summed E-state index contributed by atoms with van der Waals surface area (Å²) < 4.78 is 5.50. The Morgan fingerprint density at radius 1 is 1.42 bits per heavy atom. The molecule has 1 amide bonds. The molecule has 4 nitrogen and oxygen atoms in total. The van der Waals surface area contributed by atoms with E-state index in [0.29, 0.717) is 30.5 Å². The minimum atomic E-state index is 0.0702. The van der Waals surface area contributed by atoms with Crippen LogP contribution < -0.4 is 15.8 Å². The van der Waals surface area contributed by atoms with Gasteiger partial charge in [-0.3, -0.25) is 4.79 Å². The number of nitrogen functional groups attached to an aromatic ring is 1. The summed E-state index contributed by atoms with van der Waals surface area (Å²) >= 11 is 1.95. The number of thioether (sulfide) groups is 1. The predicted molar refractivity (Wildman–Crippen MR) is 79.5 cm³/mol. The quantitative estimate of drug-likeness (QED) is 0.810. The van der Waals surface area contributed by atoms with Gasteiger partial charge in [0.25, 0.3) is 0 Å². The largest absolute Gasteiger partial charge is 0.493 e. The lowest BCUT2D eigenvalue weighted by atomic mass is 10.1. The number of nitrogens with one attached hydrogen (secondary N) is 1. The van der Waals surface area contributed by atoms with E-state index in [1.165, 1.54) is 0 Å². The summed E-state index contributed by atoms with van der Waals surface area (Å²) in [6, 6.07) is 7.59. The van der Waals surface area contributed by atoms with Gasteiger partial charge in [0.1, 0.15) is 5.75 Å². The fraction of sp³-hybridized carbons (Fsp3) is 0.500. The summed E-state index contributed by atoms with van der Waals surface area (Å²) in [4.78, 5) is 11.7. The zero-order chi connectivity index (χ0) is 13.5. The van der Waals surface area contributed by atoms with Crippen molar-refractivity contribution in [2.45, 2.75) is 25.3 Å². The fourth-order valence-electron chi connectivity index (χ4n) is 2.01. The first-order chi connectivity index (χ1) is 9.24. The molecule has 3 N–H and O–H groups in total. The highest BCUT2D eigenvalue weighted by atomic mass is 32.2. The molecule has 104 valence electrons. The van der Waals surface area contributed by atoms with E-state index in [4.69, 9.17) is 10.5 Å². The maximum atomic E-state index is 11.7. The van der Waals surface area contributed by atoms with E-state index in [0.717, 1.165) is 24.3 Å². The SMILES string of the molecule is Nc1cccc(OCCC(=O)NC2CCSCC2)c1. The van der Waals surface area contributed by atoms with Crippen LogP contribution in [0.3, 0.4) is 0 Å². The highest BCUT2D eigenvalue weighted by molar-refractivity contribution is 7.99. The molecule has 1 saturated heterocycles. The van der Waals surface area contributed by atoms with Crippen LogP contribution in [0.4, 0.5) is 5.69 Å². The zero-order valence-electron chi connectivity index (χ0n) is 10.9. The molecule has 0 aromatic heterocycles. The highest BCUT2D eigenvalue weighted by Crippen LogP contribution is 2.17. The van der Waals surface area contributed by atoms with Gasteiger partial charge in [0, 0.05) is 17.8 Å². The van der Waals surface area contributed by atoms with Gasteiger partial charge in [0.05, 0.1) is 13.0 Å². The Bertz CT molecular complexity index is 420. The average molecular weight is 280 g/mol. The third kappa shape index (κ3) is 5.03. The fourth-order valence-corrected chi connectivity index (χ4v) is 3.11. The van der Waals surface area contributed by atoms with E-state index in [2.05, 4.69) is 5.32 Å². The van der Waals surface area contributed by atoms with Gasteiger partial charge in [-0.2, -0.15) is 11.8 Å². The molecule has 0 radical (unpaired) electrons. The van der Waals surface area contributed by atoms with Gasteiger partial charge >= 0.3 is 0 Å². The monoisotopic (exact) mass is 280 g/mol. The molecule has 0 spiro atoms. The Labute approximate surface area is 118 Å². The minimum absolute atomic E-state index is 0.0702. The van der Waals surface area contributed by atoms with Crippen molar-refractivity contribution in [2.24, 2.45) is 0 Å². The molecule has 19 heavy (non-hydrogen) atoms. The van der Waals surface area contributed by atoms with Crippen molar-refractivity contribution in [3.63, 3.8) is 0 Å². The predicted octanol–water partition coefficient (Wildman–Crippen LogP) is 2.05. The summed E-state index contributed by atoms with van der Waals surface area (Å²) in [7, 11) is 0. The van der Waals surface area contributed by atoms with Crippen LogP contribution in [0, 0.1) is 0 Å². The molecule has 0 bridgehead atoms. The van der Waals surface area contributed by atoms with Crippen molar-refractivity contribution >= 4 is 23.4 Å². The van der Waals surface area contributed by atoms with Crippen LogP contribution in [0.5, 0.6) is 5.75 Å². The molecule has 0 aliphatic carbocycles. The third-order valence-corrected chi connectivity index (χ3v) is 4.09. The number of amides is 1. The van der Waals surface area contributed by atoms with Gasteiger partial charge in [-0.1, -0.05) is 6.07 Å². The first kappa shape index (κ1) is 14.1. The van der Waals surface area contributed by atoms with Crippen molar-refractivity contribution in [1.29, 1.82) is 0 Å². The minimum Gasteiger partial charge on any atom is -0.493 e. The van der Waals surface area contributed by atoms with Gasteiger partial charge < -0.3 is 15.8 Å². The molecule has 0 atom stereocenters. The lowest BCUT2D eigenvalue weighted by molar-refractivity contribution is -0.122. The number of benzene rings is 1. The maximum Gasteiger partial charge on any atom is 0.223 e. The number of anilines is 1. The lowest BCUT2D eigenvalue weighted by Gasteiger charge is -2.22. The molecule has 1 aromatic rings. The van der Waals surface area contributed by atoms with Gasteiger partial charge in [-0.25, -0.2) is 0 Å².